The van der Waals surface area contributed by atoms with Crippen LogP contribution in [0.25, 0.3) is 11.0 Å². The third-order valence-electron chi connectivity index (χ3n) is 2.56. The summed E-state index contributed by atoms with van der Waals surface area (Å²) in [7, 11) is 0. The van der Waals surface area contributed by atoms with E-state index in [0.29, 0.717) is 9.16 Å². The van der Waals surface area contributed by atoms with Gasteiger partial charge < -0.3 is 9.94 Å². The van der Waals surface area contributed by atoms with Crippen LogP contribution in [-0.2, 0) is 0 Å². The number of carbonyl (C=O) groups is 1. The lowest BCUT2D eigenvalue weighted by Crippen LogP contribution is -2.29. The smallest absolute Gasteiger partial charge is 0.324 e. The summed E-state index contributed by atoms with van der Waals surface area (Å²) in [5, 5.41) is 11.8. The van der Waals surface area contributed by atoms with Crippen LogP contribution >= 0.6 is 0 Å². The van der Waals surface area contributed by atoms with Gasteiger partial charge in [0.15, 0.2) is 0 Å². The van der Waals surface area contributed by atoms with E-state index in [1.807, 2.05) is 0 Å². The second kappa shape index (κ2) is 3.65. The molecule has 2 aromatic rings. The molecule has 0 aliphatic rings. The van der Waals surface area contributed by atoms with Gasteiger partial charge in [0.25, 0.3) is 5.52 Å². The third-order valence-corrected chi connectivity index (χ3v) is 2.56. The van der Waals surface area contributed by atoms with E-state index < -0.39 is 11.6 Å². The van der Waals surface area contributed by atoms with Gasteiger partial charge in [-0.15, -0.1) is 0 Å². The molecule has 0 fully saturated rings. The van der Waals surface area contributed by atoms with Crippen LogP contribution in [0.3, 0.4) is 0 Å². The molecule has 0 unspecified atom stereocenters. The molecule has 0 atom stereocenters. The molecule has 0 saturated carbocycles. The maximum atomic E-state index is 13.0. The lowest BCUT2D eigenvalue weighted by molar-refractivity contribution is -0.468. The molecule has 0 amide bonds. The molecule has 0 saturated heterocycles. The maximum Gasteiger partial charge on any atom is 0.324 e. The third kappa shape index (κ3) is 1.57. The summed E-state index contributed by atoms with van der Waals surface area (Å²) in [6, 6.07) is 3.23. The fourth-order valence-corrected chi connectivity index (χ4v) is 1.77. The van der Waals surface area contributed by atoms with Crippen LogP contribution in [0.5, 0.6) is 0 Å². The molecule has 0 bridgehead atoms. The van der Waals surface area contributed by atoms with Crippen LogP contribution in [0.4, 0.5) is 4.39 Å². The summed E-state index contributed by atoms with van der Waals surface area (Å²) in [6.07, 6.45) is 0. The van der Waals surface area contributed by atoms with Crippen molar-refractivity contribution in [3.8, 4) is 0 Å². The van der Waals surface area contributed by atoms with Crippen molar-refractivity contribution >= 4 is 16.8 Å². The second-order valence-electron chi connectivity index (χ2n) is 3.71. The molecule has 0 aliphatic heterocycles. The Bertz CT molecular complexity index is 691. The van der Waals surface area contributed by atoms with Gasteiger partial charge in [-0.3, -0.25) is 4.79 Å². The zero-order valence-corrected chi connectivity index (χ0v) is 9.23. The highest BCUT2D eigenvalue weighted by atomic mass is 19.1. The van der Waals surface area contributed by atoms with Gasteiger partial charge in [-0.1, -0.05) is 0 Å². The highest BCUT2D eigenvalue weighted by molar-refractivity contribution is 5.92. The zero-order valence-electron chi connectivity index (χ0n) is 9.23. The number of ketones is 1. The van der Waals surface area contributed by atoms with E-state index in [1.54, 1.807) is 0 Å². The van der Waals surface area contributed by atoms with Crippen molar-refractivity contribution in [2.75, 3.05) is 0 Å². The van der Waals surface area contributed by atoms with Crippen molar-refractivity contribution in [2.24, 2.45) is 0 Å². The van der Waals surface area contributed by atoms with E-state index >= 15 is 0 Å². The molecule has 0 radical (unpaired) electrons. The van der Waals surface area contributed by atoms with Gasteiger partial charge in [-0.05, 0) is 19.1 Å². The minimum atomic E-state index is -0.638. The molecule has 17 heavy (non-hydrogen) atoms. The number of Topliss-reactive ketones (excluding diaryl/α,β-unsaturated/α-hetero) is 1. The Morgan fingerprint density at radius 2 is 2.12 bits per heavy atom. The van der Waals surface area contributed by atoms with Gasteiger partial charge in [-0.25, -0.2) is 4.39 Å². The van der Waals surface area contributed by atoms with Crippen molar-refractivity contribution in [1.82, 2.24) is 4.73 Å². The Hall–Kier alpha value is -2.24. The minimum absolute atomic E-state index is 0.00612. The fourth-order valence-electron chi connectivity index (χ4n) is 1.77. The van der Waals surface area contributed by atoms with Gasteiger partial charge >= 0.3 is 5.69 Å². The van der Waals surface area contributed by atoms with Crippen molar-refractivity contribution in [1.29, 1.82) is 0 Å². The van der Waals surface area contributed by atoms with Gasteiger partial charge in [-0.2, -0.15) is 0 Å². The van der Waals surface area contributed by atoms with E-state index in [1.165, 1.54) is 19.9 Å². The predicted octanol–water partition coefficient (Wildman–Crippen LogP) is 1.55. The van der Waals surface area contributed by atoms with Crippen LogP contribution in [0, 0.1) is 22.9 Å². The standard InChI is InChI=1S/C11H9FN2O3/c1-6-11(7(2)15)14(17)10-5-8(12)3-4-9(10)13(6)16/h3-5H,1-2H3. The fraction of sp³-hybridized carbons (Fsp3) is 0.182. The molecule has 1 heterocycles. The van der Waals surface area contributed by atoms with Gasteiger partial charge in [0.2, 0.25) is 5.78 Å². The van der Waals surface area contributed by atoms with Crippen LogP contribution in [0.15, 0.2) is 18.2 Å². The summed E-state index contributed by atoms with van der Waals surface area (Å²) in [6.45, 7) is 2.56. The number of rotatable bonds is 1. The summed E-state index contributed by atoms with van der Waals surface area (Å²) in [5.41, 5.74) is -0.385. The maximum absolute atomic E-state index is 13.0. The summed E-state index contributed by atoms with van der Waals surface area (Å²) in [4.78, 5) is 23.2. The highest BCUT2D eigenvalue weighted by Crippen LogP contribution is 2.15. The summed E-state index contributed by atoms with van der Waals surface area (Å²) >= 11 is 0. The number of aromatic nitrogens is 2. The molecule has 6 heteroatoms. The molecule has 0 N–H and O–H groups in total. The molecule has 0 spiro atoms. The SMILES string of the molecule is CC(=O)c1c(C)n([O-])c2ccc(F)cc2[n+]1=O. The monoisotopic (exact) mass is 236 g/mol. The highest BCUT2D eigenvalue weighted by Gasteiger charge is 2.23. The number of fused-ring (bicyclic) bond motifs is 1. The summed E-state index contributed by atoms with van der Waals surface area (Å²) in [5.74, 6) is -1.17. The molecule has 1 aromatic heterocycles. The van der Waals surface area contributed by atoms with Gasteiger partial charge in [0, 0.05) is 11.8 Å². The molecule has 5 nitrogen and oxygen atoms in total. The number of hydrogen-bond donors (Lipinski definition) is 0. The first-order valence-corrected chi connectivity index (χ1v) is 4.89. The van der Waals surface area contributed by atoms with Crippen molar-refractivity contribution in [2.45, 2.75) is 13.8 Å². The number of benzene rings is 1. The largest absolute Gasteiger partial charge is 0.805 e. The van der Waals surface area contributed by atoms with E-state index in [2.05, 4.69) is 0 Å². The number of hydrogen-bond acceptors (Lipinski definition) is 3. The quantitative estimate of drug-likeness (QED) is 0.557. The van der Waals surface area contributed by atoms with Crippen LogP contribution in [0.1, 0.15) is 23.1 Å². The lowest BCUT2D eigenvalue weighted by Gasteiger charge is -2.15. The summed E-state index contributed by atoms with van der Waals surface area (Å²) < 4.78 is 13.8. The molecule has 0 aliphatic carbocycles. The number of nitrogens with zero attached hydrogens (tertiary/aromatic N) is 2. The van der Waals surface area contributed by atoms with Crippen molar-refractivity contribution < 1.29 is 13.6 Å². The average Bonchev–Trinajstić information content (AvgIpc) is 2.26. The van der Waals surface area contributed by atoms with Crippen LogP contribution in [0.2, 0.25) is 0 Å². The Morgan fingerprint density at radius 1 is 1.47 bits per heavy atom. The molecule has 1 aromatic carbocycles. The Kier molecular flexibility index (Phi) is 2.42. The molecule has 2 rings (SSSR count). The van der Waals surface area contributed by atoms with Crippen LogP contribution < -0.4 is 4.43 Å². The Morgan fingerprint density at radius 3 is 2.71 bits per heavy atom. The average molecular weight is 236 g/mol. The van der Waals surface area contributed by atoms with E-state index in [9.17, 15) is 19.3 Å². The first-order chi connectivity index (χ1) is 7.93. The lowest BCUT2D eigenvalue weighted by atomic mass is 10.2. The van der Waals surface area contributed by atoms with E-state index in [-0.39, 0.29) is 22.4 Å². The predicted molar refractivity (Wildman–Crippen MR) is 58.8 cm³/mol. The van der Waals surface area contributed by atoms with Crippen molar-refractivity contribution in [3.63, 3.8) is 0 Å². The minimum Gasteiger partial charge on any atom is -0.805 e. The van der Waals surface area contributed by atoms with E-state index in [4.69, 9.17) is 0 Å². The first kappa shape index (κ1) is 11.3. The Labute approximate surface area is 95.3 Å². The number of carbonyl (C=O) groups excluding carboxylic acids is 1. The van der Waals surface area contributed by atoms with Gasteiger partial charge in [0.05, 0.1) is 16.2 Å². The first-order valence-electron chi connectivity index (χ1n) is 4.89. The topological polar surface area (TPSA) is 68.0 Å². The van der Waals surface area contributed by atoms with Crippen molar-refractivity contribution in [3.05, 3.63) is 45.5 Å². The Balaban J connectivity index is 3.06. The van der Waals surface area contributed by atoms with Gasteiger partial charge in [0.1, 0.15) is 11.3 Å². The van der Waals surface area contributed by atoms with E-state index in [0.717, 1.165) is 12.1 Å². The van der Waals surface area contributed by atoms with Crippen LogP contribution in [-0.4, -0.2) is 10.5 Å². The zero-order chi connectivity index (χ0) is 12.7. The molecule has 88 valence electrons. The second-order valence-corrected chi connectivity index (χ2v) is 3.71. The number of halogens is 1. The molecular weight excluding hydrogens is 227 g/mol. The molecular formula is C11H9FN2O3. The normalized spacial score (nSPS) is 10.8.